The van der Waals surface area contributed by atoms with Gasteiger partial charge in [0.25, 0.3) is 0 Å². The number of unbranched alkanes of at least 4 members (excludes halogenated alkanes) is 1. The number of nitriles is 1. The summed E-state index contributed by atoms with van der Waals surface area (Å²) in [5.74, 6) is 0. The Kier molecular flexibility index (Phi) is 7.07. The summed E-state index contributed by atoms with van der Waals surface area (Å²) in [7, 11) is 0. The van der Waals surface area contributed by atoms with E-state index < -0.39 is 0 Å². The van der Waals surface area contributed by atoms with E-state index in [1.54, 1.807) is 0 Å². The predicted octanol–water partition coefficient (Wildman–Crippen LogP) is 3.69. The molecule has 0 saturated heterocycles. The third kappa shape index (κ3) is 9.49. The van der Waals surface area contributed by atoms with Crippen molar-refractivity contribution in [1.29, 1.82) is 5.26 Å². The van der Waals surface area contributed by atoms with Crippen LogP contribution in [-0.4, -0.2) is 13.2 Å². The molecular weight excluding hydrogens is 186 g/mol. The molecule has 0 unspecified atom stereocenters. The molecule has 86 valence electrons. The highest BCUT2D eigenvalue weighted by atomic mass is 16.5. The van der Waals surface area contributed by atoms with Gasteiger partial charge in [0, 0.05) is 6.61 Å². The fourth-order valence-electron chi connectivity index (χ4n) is 1.18. The molecule has 0 aromatic carbocycles. The minimum Gasteiger partial charge on any atom is -0.381 e. The number of ether oxygens (including phenoxy) is 1. The Labute approximate surface area is 93.9 Å². The second kappa shape index (κ2) is 7.48. The monoisotopic (exact) mass is 209 g/mol. The van der Waals surface area contributed by atoms with Crippen molar-refractivity contribution < 1.29 is 4.74 Å². The van der Waals surface area contributed by atoms with Gasteiger partial charge in [-0.3, -0.25) is 0 Å². The quantitative estimate of drug-likeness (QED) is 0.451. The molecule has 0 amide bonds. The highest BCUT2D eigenvalue weighted by molar-refractivity contribution is 4.91. The Hall–Kier alpha value is -0.810. The van der Waals surface area contributed by atoms with Crippen molar-refractivity contribution in [3.05, 3.63) is 12.2 Å². The molecule has 0 aliphatic carbocycles. The van der Waals surface area contributed by atoms with Crippen molar-refractivity contribution in [3.63, 3.8) is 0 Å². The first-order chi connectivity index (χ1) is 6.98. The van der Waals surface area contributed by atoms with Crippen LogP contribution < -0.4 is 0 Å². The van der Waals surface area contributed by atoms with E-state index in [1.807, 2.05) is 20.8 Å². The van der Waals surface area contributed by atoms with E-state index in [9.17, 15) is 0 Å². The lowest BCUT2D eigenvalue weighted by molar-refractivity contribution is 0.131. The smallest absolute Gasteiger partial charge is 0.0683 e. The van der Waals surface area contributed by atoms with Crippen molar-refractivity contribution in [3.8, 4) is 6.07 Å². The van der Waals surface area contributed by atoms with Gasteiger partial charge < -0.3 is 4.74 Å². The summed E-state index contributed by atoms with van der Waals surface area (Å²) in [4.78, 5) is 0. The number of hydrogen-bond donors (Lipinski definition) is 0. The number of nitrogens with zero attached hydrogens (tertiary/aromatic N) is 1. The van der Waals surface area contributed by atoms with Crippen LogP contribution in [-0.2, 0) is 4.74 Å². The van der Waals surface area contributed by atoms with Gasteiger partial charge in [-0.2, -0.15) is 5.26 Å². The zero-order chi connectivity index (χ0) is 11.7. The van der Waals surface area contributed by atoms with Gasteiger partial charge in [-0.25, -0.2) is 0 Å². The minimum atomic E-state index is -0.183. The van der Waals surface area contributed by atoms with Gasteiger partial charge in [0.05, 0.1) is 18.1 Å². The van der Waals surface area contributed by atoms with Crippen molar-refractivity contribution in [2.24, 2.45) is 5.41 Å². The van der Waals surface area contributed by atoms with Crippen LogP contribution in [0, 0.1) is 16.7 Å². The fourth-order valence-corrected chi connectivity index (χ4v) is 1.18. The van der Waals surface area contributed by atoms with Crippen LogP contribution in [0.2, 0.25) is 0 Å². The van der Waals surface area contributed by atoms with Gasteiger partial charge >= 0.3 is 0 Å². The minimum absolute atomic E-state index is 0.183. The SMILES string of the molecule is C=C(C)CCOCCCCC(C)(C)C#N. The summed E-state index contributed by atoms with van der Waals surface area (Å²) in [5.41, 5.74) is 0.984. The molecule has 0 rings (SSSR count). The Bertz CT molecular complexity index is 225. The Morgan fingerprint density at radius 1 is 1.33 bits per heavy atom. The van der Waals surface area contributed by atoms with E-state index in [2.05, 4.69) is 12.6 Å². The molecule has 2 nitrogen and oxygen atoms in total. The molecule has 0 atom stereocenters. The maximum atomic E-state index is 8.80. The lowest BCUT2D eigenvalue weighted by atomic mass is 9.89. The van der Waals surface area contributed by atoms with Crippen LogP contribution in [0.4, 0.5) is 0 Å². The summed E-state index contributed by atoms with van der Waals surface area (Å²) in [6.07, 6.45) is 4.01. The summed E-state index contributed by atoms with van der Waals surface area (Å²) in [5, 5.41) is 8.80. The molecule has 2 heteroatoms. The predicted molar refractivity (Wildman–Crippen MR) is 63.5 cm³/mol. The van der Waals surface area contributed by atoms with Gasteiger partial charge in [-0.05, 0) is 46.5 Å². The van der Waals surface area contributed by atoms with Crippen molar-refractivity contribution in [2.75, 3.05) is 13.2 Å². The van der Waals surface area contributed by atoms with Crippen LogP contribution in [0.3, 0.4) is 0 Å². The fraction of sp³-hybridized carbons (Fsp3) is 0.769. The highest BCUT2D eigenvalue weighted by Crippen LogP contribution is 2.21. The second-order valence-electron chi connectivity index (χ2n) is 4.77. The van der Waals surface area contributed by atoms with E-state index in [-0.39, 0.29) is 5.41 Å². The third-order valence-corrected chi connectivity index (χ3v) is 2.32. The van der Waals surface area contributed by atoms with Crippen LogP contribution in [0.5, 0.6) is 0 Å². The van der Waals surface area contributed by atoms with E-state index in [1.165, 1.54) is 5.57 Å². The Morgan fingerprint density at radius 2 is 2.00 bits per heavy atom. The van der Waals surface area contributed by atoms with Crippen LogP contribution in [0.1, 0.15) is 46.5 Å². The summed E-state index contributed by atoms with van der Waals surface area (Å²) >= 11 is 0. The van der Waals surface area contributed by atoms with E-state index in [4.69, 9.17) is 10.00 Å². The average Bonchev–Trinajstić information content (AvgIpc) is 2.16. The molecule has 0 heterocycles. The number of hydrogen-bond acceptors (Lipinski definition) is 2. The van der Waals surface area contributed by atoms with Crippen LogP contribution in [0.25, 0.3) is 0 Å². The Morgan fingerprint density at radius 3 is 2.53 bits per heavy atom. The van der Waals surface area contributed by atoms with Gasteiger partial charge in [0.2, 0.25) is 0 Å². The molecule has 0 N–H and O–H groups in total. The molecule has 0 aromatic rings. The lowest BCUT2D eigenvalue weighted by Crippen LogP contribution is -2.08. The lowest BCUT2D eigenvalue weighted by Gasteiger charge is -2.14. The summed E-state index contributed by atoms with van der Waals surface area (Å²) in [6, 6.07) is 2.31. The molecule has 0 aromatic heterocycles. The molecule has 0 fully saturated rings. The Balaban J connectivity index is 3.26. The normalized spacial score (nSPS) is 11.1. The molecule has 0 bridgehead atoms. The molecular formula is C13H23NO. The maximum absolute atomic E-state index is 8.80. The zero-order valence-corrected chi connectivity index (χ0v) is 10.3. The van der Waals surface area contributed by atoms with E-state index >= 15 is 0 Å². The van der Waals surface area contributed by atoms with Crippen molar-refractivity contribution >= 4 is 0 Å². The van der Waals surface area contributed by atoms with Gasteiger partial charge in [-0.15, -0.1) is 6.58 Å². The standard InChI is InChI=1S/C13H23NO/c1-12(2)7-10-15-9-6-5-8-13(3,4)11-14/h1,5-10H2,2-4H3. The first-order valence-electron chi connectivity index (χ1n) is 5.61. The van der Waals surface area contributed by atoms with Crippen LogP contribution in [0.15, 0.2) is 12.2 Å². The van der Waals surface area contributed by atoms with E-state index in [0.717, 1.165) is 38.9 Å². The van der Waals surface area contributed by atoms with Crippen LogP contribution >= 0.6 is 0 Å². The average molecular weight is 209 g/mol. The summed E-state index contributed by atoms with van der Waals surface area (Å²) < 4.78 is 5.45. The molecule has 15 heavy (non-hydrogen) atoms. The molecule has 0 aliphatic heterocycles. The molecule has 0 radical (unpaired) electrons. The first kappa shape index (κ1) is 14.2. The van der Waals surface area contributed by atoms with Gasteiger partial charge in [0.15, 0.2) is 0 Å². The maximum Gasteiger partial charge on any atom is 0.0683 e. The van der Waals surface area contributed by atoms with Crippen molar-refractivity contribution in [2.45, 2.75) is 46.5 Å². The van der Waals surface area contributed by atoms with Gasteiger partial charge in [0.1, 0.15) is 0 Å². The van der Waals surface area contributed by atoms with Gasteiger partial charge in [-0.1, -0.05) is 5.57 Å². The molecule has 0 saturated carbocycles. The summed E-state index contributed by atoms with van der Waals surface area (Å²) in [6.45, 7) is 11.4. The first-order valence-corrected chi connectivity index (χ1v) is 5.61. The zero-order valence-electron chi connectivity index (χ0n) is 10.3. The topological polar surface area (TPSA) is 33.0 Å². The second-order valence-corrected chi connectivity index (χ2v) is 4.77. The number of rotatable bonds is 8. The van der Waals surface area contributed by atoms with Crippen molar-refractivity contribution in [1.82, 2.24) is 0 Å². The van der Waals surface area contributed by atoms with E-state index in [0.29, 0.717) is 0 Å². The third-order valence-electron chi connectivity index (χ3n) is 2.32. The molecule has 0 aliphatic rings. The largest absolute Gasteiger partial charge is 0.381 e. The molecule has 0 spiro atoms. The highest BCUT2D eigenvalue weighted by Gasteiger charge is 2.15.